The molecule has 0 aliphatic rings. The molecule has 1 aromatic carbocycles. The second kappa shape index (κ2) is 6.29. The predicted molar refractivity (Wildman–Crippen MR) is 71.7 cm³/mol. The zero-order valence-electron chi connectivity index (χ0n) is 10.8. The number of rotatable bonds is 2. The lowest BCUT2D eigenvalue weighted by atomic mass is 10.2. The highest BCUT2D eigenvalue weighted by molar-refractivity contribution is 5.33. The molecule has 0 saturated heterocycles. The van der Waals surface area contributed by atoms with Crippen LogP contribution in [0.3, 0.4) is 0 Å². The van der Waals surface area contributed by atoms with Gasteiger partial charge in [-0.15, -0.1) is 0 Å². The fourth-order valence-electron chi connectivity index (χ4n) is 1.48. The van der Waals surface area contributed by atoms with Crippen molar-refractivity contribution >= 4 is 0 Å². The van der Waals surface area contributed by atoms with Crippen molar-refractivity contribution in [1.29, 1.82) is 0 Å². The molecule has 0 amide bonds. The van der Waals surface area contributed by atoms with Gasteiger partial charge in [-0.2, -0.15) is 0 Å². The Kier molecular flexibility index (Phi) is 5.00. The fraction of sp³-hybridized carbons (Fsp3) is 0.214. The van der Waals surface area contributed by atoms with Gasteiger partial charge in [0.2, 0.25) is 0 Å². The molecule has 1 aromatic heterocycles. The van der Waals surface area contributed by atoms with Crippen molar-refractivity contribution in [1.82, 2.24) is 4.57 Å². The molecule has 5 nitrogen and oxygen atoms in total. The first-order chi connectivity index (χ1) is 8.98. The quantitative estimate of drug-likeness (QED) is 0.704. The van der Waals surface area contributed by atoms with Crippen LogP contribution in [0.15, 0.2) is 53.5 Å². The molecule has 5 heteroatoms. The molecule has 2 rings (SSSR count). The van der Waals surface area contributed by atoms with Crippen LogP contribution in [-0.4, -0.2) is 19.9 Å². The van der Waals surface area contributed by atoms with Gasteiger partial charge in [-0.25, -0.2) is 0 Å². The van der Waals surface area contributed by atoms with Gasteiger partial charge in [0.25, 0.3) is 5.56 Å². The third-order valence-electron chi connectivity index (χ3n) is 2.33. The van der Waals surface area contributed by atoms with Gasteiger partial charge in [-0.05, 0) is 18.2 Å². The summed E-state index contributed by atoms with van der Waals surface area (Å²) in [5.41, 5.74) is 0.0637. The number of para-hydroxylation sites is 1. The highest BCUT2D eigenvalue weighted by atomic mass is 16.7. The molecular formula is C14H17NO4. The maximum atomic E-state index is 11.6. The minimum Gasteiger partial charge on any atom is -0.340 e. The molecule has 19 heavy (non-hydrogen) atoms. The normalized spacial score (nSPS) is 10.6. The van der Waals surface area contributed by atoms with E-state index < -0.39 is 5.97 Å². The van der Waals surface area contributed by atoms with Crippen molar-refractivity contribution in [3.05, 3.63) is 64.6 Å². The van der Waals surface area contributed by atoms with E-state index in [0.717, 1.165) is 12.1 Å². The summed E-state index contributed by atoms with van der Waals surface area (Å²) in [4.78, 5) is 11.6. The lowest BCUT2D eigenvalue weighted by molar-refractivity contribution is -0.324. The van der Waals surface area contributed by atoms with Gasteiger partial charge in [-0.3, -0.25) is 9.36 Å². The average Bonchev–Trinajstić information content (AvgIpc) is 2.41. The molecule has 1 heterocycles. The highest BCUT2D eigenvalue weighted by Gasteiger charge is 2.22. The molecule has 0 saturated carbocycles. The van der Waals surface area contributed by atoms with Gasteiger partial charge in [0, 0.05) is 18.0 Å². The Morgan fingerprint density at radius 3 is 2.05 bits per heavy atom. The van der Waals surface area contributed by atoms with Gasteiger partial charge in [0.05, 0.1) is 5.56 Å². The van der Waals surface area contributed by atoms with Gasteiger partial charge < -0.3 is 15.3 Å². The first-order valence-corrected chi connectivity index (χ1v) is 5.94. The minimum absolute atomic E-state index is 0.180. The number of aliphatic hydroxyl groups is 3. The molecule has 0 bridgehead atoms. The highest BCUT2D eigenvalue weighted by Crippen LogP contribution is 2.14. The van der Waals surface area contributed by atoms with Crippen LogP contribution in [0.2, 0.25) is 0 Å². The van der Waals surface area contributed by atoms with E-state index in [9.17, 15) is 4.79 Å². The smallest absolute Gasteiger partial charge is 0.305 e. The van der Waals surface area contributed by atoms with Crippen molar-refractivity contribution in [2.24, 2.45) is 0 Å². The maximum Gasteiger partial charge on any atom is 0.305 e. The third-order valence-corrected chi connectivity index (χ3v) is 2.33. The zero-order chi connectivity index (χ0) is 14.5. The lowest BCUT2D eigenvalue weighted by Gasteiger charge is -2.15. The molecule has 3 N–H and O–H groups in total. The van der Waals surface area contributed by atoms with E-state index in [1.807, 2.05) is 13.8 Å². The molecular weight excluding hydrogens is 246 g/mol. The van der Waals surface area contributed by atoms with Crippen molar-refractivity contribution in [3.8, 4) is 5.69 Å². The Bertz CT molecular complexity index is 570. The Morgan fingerprint density at radius 2 is 1.53 bits per heavy atom. The van der Waals surface area contributed by atoms with E-state index in [1.54, 1.807) is 30.3 Å². The predicted octanol–water partition coefficient (Wildman–Crippen LogP) is 0.951. The summed E-state index contributed by atoms with van der Waals surface area (Å²) in [6.07, 6.45) is 1.18. The Hall–Kier alpha value is -1.95. The van der Waals surface area contributed by atoms with Crippen LogP contribution in [0.5, 0.6) is 0 Å². The maximum absolute atomic E-state index is 11.6. The number of hydrogen-bond acceptors (Lipinski definition) is 4. The lowest BCUT2D eigenvalue weighted by Crippen LogP contribution is -2.27. The van der Waals surface area contributed by atoms with E-state index in [2.05, 4.69) is 0 Å². The number of benzene rings is 1. The van der Waals surface area contributed by atoms with E-state index in [0.29, 0.717) is 5.69 Å². The van der Waals surface area contributed by atoms with Crippen molar-refractivity contribution < 1.29 is 15.3 Å². The summed E-state index contributed by atoms with van der Waals surface area (Å²) < 4.78 is 1.22. The van der Waals surface area contributed by atoms with Crippen LogP contribution in [0.25, 0.3) is 5.69 Å². The van der Waals surface area contributed by atoms with Crippen molar-refractivity contribution in [2.45, 2.75) is 19.8 Å². The zero-order valence-corrected chi connectivity index (χ0v) is 10.8. The van der Waals surface area contributed by atoms with Gasteiger partial charge in [-0.1, -0.05) is 32.0 Å². The van der Waals surface area contributed by atoms with E-state index >= 15 is 0 Å². The molecule has 0 aliphatic heterocycles. The van der Waals surface area contributed by atoms with Crippen LogP contribution in [-0.2, 0) is 5.97 Å². The Balaban J connectivity index is 0.000000861. The Morgan fingerprint density at radius 1 is 0.947 bits per heavy atom. The molecule has 0 spiro atoms. The molecule has 0 atom stereocenters. The molecule has 0 unspecified atom stereocenters. The largest absolute Gasteiger partial charge is 0.340 e. The first kappa shape index (κ1) is 15.1. The molecule has 102 valence electrons. The van der Waals surface area contributed by atoms with Crippen molar-refractivity contribution in [3.63, 3.8) is 0 Å². The van der Waals surface area contributed by atoms with E-state index in [1.165, 1.54) is 10.8 Å². The molecule has 0 aliphatic carbocycles. The van der Waals surface area contributed by atoms with Crippen molar-refractivity contribution in [2.75, 3.05) is 0 Å². The van der Waals surface area contributed by atoms with E-state index in [4.69, 9.17) is 15.3 Å². The number of aromatic nitrogens is 1. The summed E-state index contributed by atoms with van der Waals surface area (Å²) in [6.45, 7) is 4.00. The summed E-state index contributed by atoms with van der Waals surface area (Å²) in [6, 6.07) is 11.0. The SMILES string of the molecule is CC.O=c1ccc(C(O)(O)O)cn1-c1ccccc1. The monoisotopic (exact) mass is 263 g/mol. The Labute approximate surface area is 111 Å². The number of hydrogen-bond donors (Lipinski definition) is 3. The standard InChI is InChI=1S/C12H11NO4.C2H6/c14-11-7-6-9(12(15,16)17)8-13(11)10-4-2-1-3-5-10;1-2/h1-8,15-17H;1-2H3. The average molecular weight is 263 g/mol. The minimum atomic E-state index is -2.95. The summed E-state index contributed by atoms with van der Waals surface area (Å²) in [5, 5.41) is 27.1. The van der Waals surface area contributed by atoms with E-state index in [-0.39, 0.29) is 11.1 Å². The third kappa shape index (κ3) is 3.75. The summed E-state index contributed by atoms with van der Waals surface area (Å²) in [7, 11) is 0. The molecule has 0 fully saturated rings. The number of nitrogens with zero attached hydrogens (tertiary/aromatic N) is 1. The fourth-order valence-corrected chi connectivity index (χ4v) is 1.48. The van der Waals surface area contributed by atoms with Crippen LogP contribution < -0.4 is 5.56 Å². The summed E-state index contributed by atoms with van der Waals surface area (Å²) in [5.74, 6) is -2.95. The van der Waals surface area contributed by atoms with Gasteiger partial charge in [0.1, 0.15) is 0 Å². The van der Waals surface area contributed by atoms with Crippen LogP contribution in [0.1, 0.15) is 19.4 Å². The molecule has 2 aromatic rings. The van der Waals surface area contributed by atoms with Gasteiger partial charge >= 0.3 is 5.97 Å². The van der Waals surface area contributed by atoms with Gasteiger partial charge in [0.15, 0.2) is 0 Å². The number of pyridine rings is 1. The van der Waals surface area contributed by atoms with Crippen LogP contribution in [0.4, 0.5) is 0 Å². The van der Waals surface area contributed by atoms with Crippen LogP contribution >= 0.6 is 0 Å². The molecule has 0 radical (unpaired) electrons. The summed E-state index contributed by atoms with van der Waals surface area (Å²) >= 11 is 0. The van der Waals surface area contributed by atoms with Crippen LogP contribution in [0, 0.1) is 0 Å². The second-order valence-electron chi connectivity index (χ2n) is 3.60. The topological polar surface area (TPSA) is 82.7 Å². The second-order valence-corrected chi connectivity index (χ2v) is 3.60. The first-order valence-electron chi connectivity index (χ1n) is 5.94.